The van der Waals surface area contributed by atoms with Gasteiger partial charge in [0.2, 0.25) is 0 Å². The van der Waals surface area contributed by atoms with Crippen LogP contribution in [0, 0.1) is 0 Å². The molecule has 166 valence electrons. The number of hydrogen-bond donors (Lipinski definition) is 1. The van der Waals surface area contributed by atoms with Crippen molar-refractivity contribution in [3.8, 4) is 0 Å². The van der Waals surface area contributed by atoms with Crippen LogP contribution in [-0.4, -0.2) is 53.9 Å². The molecule has 1 fully saturated rings. The lowest BCUT2D eigenvalue weighted by atomic mass is 9.99. The average Bonchev–Trinajstić information content (AvgIpc) is 3.12. The quantitative estimate of drug-likeness (QED) is 0.510. The summed E-state index contributed by atoms with van der Waals surface area (Å²) in [4.78, 5) is 39.1. The van der Waals surface area contributed by atoms with Gasteiger partial charge in [0, 0.05) is 13.0 Å². The molecule has 0 radical (unpaired) electrons. The Kier molecular flexibility index (Phi) is 8.08. The van der Waals surface area contributed by atoms with Crippen LogP contribution in [0.25, 0.3) is 0 Å². The van der Waals surface area contributed by atoms with Crippen LogP contribution < -0.4 is 5.32 Å². The van der Waals surface area contributed by atoms with E-state index < -0.39 is 29.3 Å². The Balaban J connectivity index is 2.04. The molecule has 1 N–H and O–H groups in total. The Hall–Kier alpha value is -2.77. The van der Waals surface area contributed by atoms with E-state index in [9.17, 15) is 14.4 Å². The lowest BCUT2D eigenvalue weighted by Crippen LogP contribution is -2.57. The molecule has 1 saturated heterocycles. The molecule has 1 atom stereocenters. The SMILES string of the molecule is CCCC(C)(C)OC(=O)N1CC[C@@](NC(=O)OCc2ccccc2)(C(=O)OCC)C1. The molecule has 1 aliphatic heterocycles. The predicted octanol–water partition coefficient (Wildman–Crippen LogP) is 3.64. The highest BCUT2D eigenvalue weighted by Crippen LogP contribution is 2.26. The second-order valence-electron chi connectivity index (χ2n) is 8.04. The molecule has 0 aromatic heterocycles. The number of esters is 1. The summed E-state index contributed by atoms with van der Waals surface area (Å²) >= 11 is 0. The Bertz CT molecular complexity index is 736. The number of ether oxygens (including phenoxy) is 3. The highest BCUT2D eigenvalue weighted by atomic mass is 16.6. The predicted molar refractivity (Wildman–Crippen MR) is 111 cm³/mol. The van der Waals surface area contributed by atoms with E-state index in [0.29, 0.717) is 0 Å². The number of alkyl carbamates (subject to hydrolysis) is 1. The van der Waals surface area contributed by atoms with Crippen molar-refractivity contribution in [1.29, 1.82) is 0 Å². The molecule has 2 amide bonds. The third-order valence-electron chi connectivity index (χ3n) is 4.96. The number of hydrogen-bond acceptors (Lipinski definition) is 6. The molecular weight excluding hydrogens is 388 g/mol. The molecule has 1 heterocycles. The summed E-state index contributed by atoms with van der Waals surface area (Å²) in [5, 5.41) is 2.63. The standard InChI is InChI=1S/C22H32N2O6/c1-5-12-21(3,4)30-20(27)24-14-13-22(16-24,18(25)28-6-2)23-19(26)29-15-17-10-8-7-9-11-17/h7-11H,5-6,12-16H2,1-4H3,(H,23,26)/t22-/m0/s1. The van der Waals surface area contributed by atoms with Gasteiger partial charge in [0.15, 0.2) is 5.54 Å². The van der Waals surface area contributed by atoms with Crippen LogP contribution >= 0.6 is 0 Å². The molecular formula is C22H32N2O6. The number of nitrogens with zero attached hydrogens (tertiary/aromatic N) is 1. The summed E-state index contributed by atoms with van der Waals surface area (Å²) in [7, 11) is 0. The zero-order chi connectivity index (χ0) is 22.2. The number of benzene rings is 1. The maximum Gasteiger partial charge on any atom is 0.410 e. The summed E-state index contributed by atoms with van der Waals surface area (Å²) in [5.74, 6) is -0.593. The van der Waals surface area contributed by atoms with Crippen molar-refractivity contribution in [2.75, 3.05) is 19.7 Å². The van der Waals surface area contributed by atoms with Gasteiger partial charge in [-0.1, -0.05) is 43.7 Å². The topological polar surface area (TPSA) is 94.2 Å². The molecule has 30 heavy (non-hydrogen) atoms. The van der Waals surface area contributed by atoms with Gasteiger partial charge >= 0.3 is 18.2 Å². The summed E-state index contributed by atoms with van der Waals surface area (Å²) in [6, 6.07) is 9.22. The fraction of sp³-hybridized carbons (Fsp3) is 0.591. The minimum Gasteiger partial charge on any atom is -0.464 e. The van der Waals surface area contributed by atoms with Gasteiger partial charge in [-0.05, 0) is 32.8 Å². The van der Waals surface area contributed by atoms with E-state index in [1.54, 1.807) is 6.92 Å². The van der Waals surface area contributed by atoms with Crippen LogP contribution in [0.3, 0.4) is 0 Å². The van der Waals surface area contributed by atoms with Crippen molar-refractivity contribution in [3.63, 3.8) is 0 Å². The molecule has 0 saturated carbocycles. The molecule has 0 aliphatic carbocycles. The lowest BCUT2D eigenvalue weighted by molar-refractivity contribution is -0.150. The van der Waals surface area contributed by atoms with E-state index in [-0.39, 0.29) is 32.7 Å². The summed E-state index contributed by atoms with van der Waals surface area (Å²) in [6.45, 7) is 7.87. The molecule has 2 rings (SSSR count). The molecule has 8 heteroatoms. The van der Waals surface area contributed by atoms with E-state index in [4.69, 9.17) is 14.2 Å². The molecule has 0 spiro atoms. The van der Waals surface area contributed by atoms with Crippen LogP contribution in [0.4, 0.5) is 9.59 Å². The number of nitrogens with one attached hydrogen (secondary N) is 1. The Morgan fingerprint density at radius 3 is 2.47 bits per heavy atom. The summed E-state index contributed by atoms with van der Waals surface area (Å²) < 4.78 is 16.0. The Morgan fingerprint density at radius 1 is 1.13 bits per heavy atom. The Labute approximate surface area is 177 Å². The van der Waals surface area contributed by atoms with Gasteiger partial charge in [-0.3, -0.25) is 0 Å². The first-order chi connectivity index (χ1) is 14.2. The largest absolute Gasteiger partial charge is 0.464 e. The fourth-order valence-corrected chi connectivity index (χ4v) is 3.46. The van der Waals surface area contributed by atoms with Gasteiger partial charge in [0.25, 0.3) is 0 Å². The van der Waals surface area contributed by atoms with E-state index in [0.717, 1.165) is 18.4 Å². The Morgan fingerprint density at radius 2 is 1.83 bits per heavy atom. The first-order valence-corrected chi connectivity index (χ1v) is 10.4. The number of amides is 2. The minimum absolute atomic E-state index is 0.0344. The highest BCUT2D eigenvalue weighted by molar-refractivity contribution is 5.87. The number of rotatable bonds is 8. The van der Waals surface area contributed by atoms with Crippen LogP contribution in [0.1, 0.15) is 52.5 Å². The number of likely N-dealkylation sites (tertiary alicyclic amines) is 1. The third-order valence-corrected chi connectivity index (χ3v) is 4.96. The molecule has 0 bridgehead atoms. The molecule has 1 aromatic rings. The van der Waals surface area contributed by atoms with E-state index >= 15 is 0 Å². The first-order valence-electron chi connectivity index (χ1n) is 10.4. The monoisotopic (exact) mass is 420 g/mol. The maximum atomic E-state index is 12.7. The van der Waals surface area contributed by atoms with Crippen molar-refractivity contribution in [2.24, 2.45) is 0 Å². The van der Waals surface area contributed by atoms with Crippen molar-refractivity contribution < 1.29 is 28.6 Å². The third kappa shape index (κ3) is 6.37. The van der Waals surface area contributed by atoms with E-state index in [2.05, 4.69) is 5.32 Å². The van der Waals surface area contributed by atoms with Crippen LogP contribution in [0.2, 0.25) is 0 Å². The molecule has 8 nitrogen and oxygen atoms in total. The van der Waals surface area contributed by atoms with Crippen LogP contribution in [0.15, 0.2) is 30.3 Å². The molecule has 1 aliphatic rings. The average molecular weight is 421 g/mol. The molecule has 1 aromatic carbocycles. The first kappa shape index (κ1) is 23.5. The summed E-state index contributed by atoms with van der Waals surface area (Å²) in [6.07, 6.45) is 0.560. The second-order valence-corrected chi connectivity index (χ2v) is 8.04. The number of carbonyl (C=O) groups excluding carboxylic acids is 3. The zero-order valence-electron chi connectivity index (χ0n) is 18.2. The lowest BCUT2D eigenvalue weighted by Gasteiger charge is -2.30. The smallest absolute Gasteiger partial charge is 0.410 e. The van der Waals surface area contributed by atoms with Crippen molar-refractivity contribution in [2.45, 2.75) is 64.7 Å². The van der Waals surface area contributed by atoms with Gasteiger partial charge in [-0.25, -0.2) is 14.4 Å². The van der Waals surface area contributed by atoms with Gasteiger partial charge in [-0.2, -0.15) is 0 Å². The highest BCUT2D eigenvalue weighted by Gasteiger charge is 2.49. The van der Waals surface area contributed by atoms with E-state index in [1.165, 1.54) is 4.90 Å². The molecule has 0 unspecified atom stereocenters. The van der Waals surface area contributed by atoms with E-state index in [1.807, 2.05) is 51.1 Å². The van der Waals surface area contributed by atoms with Gasteiger partial charge in [0.1, 0.15) is 12.2 Å². The van der Waals surface area contributed by atoms with Crippen molar-refractivity contribution in [1.82, 2.24) is 10.2 Å². The summed E-state index contributed by atoms with van der Waals surface area (Å²) in [5.41, 5.74) is -1.14. The normalized spacial score (nSPS) is 18.6. The second kappa shape index (κ2) is 10.3. The minimum atomic E-state index is -1.36. The van der Waals surface area contributed by atoms with Crippen molar-refractivity contribution >= 4 is 18.2 Å². The van der Waals surface area contributed by atoms with Gasteiger partial charge < -0.3 is 24.4 Å². The maximum absolute atomic E-state index is 12.7. The van der Waals surface area contributed by atoms with Crippen LogP contribution in [-0.2, 0) is 25.6 Å². The van der Waals surface area contributed by atoms with Crippen LogP contribution in [0.5, 0.6) is 0 Å². The fourth-order valence-electron chi connectivity index (χ4n) is 3.46. The van der Waals surface area contributed by atoms with Crippen molar-refractivity contribution in [3.05, 3.63) is 35.9 Å². The number of carbonyl (C=O) groups is 3. The zero-order valence-corrected chi connectivity index (χ0v) is 18.2. The van der Waals surface area contributed by atoms with Gasteiger partial charge in [0.05, 0.1) is 13.2 Å². The van der Waals surface area contributed by atoms with Gasteiger partial charge in [-0.15, -0.1) is 0 Å².